The Morgan fingerprint density at radius 1 is 1.41 bits per heavy atom. The van der Waals surface area contributed by atoms with Crippen LogP contribution in [-0.2, 0) is 11.3 Å². The Kier molecular flexibility index (Phi) is 6.58. The van der Waals surface area contributed by atoms with Crippen molar-refractivity contribution in [1.29, 1.82) is 0 Å². The molecule has 1 rings (SSSR count). The third kappa shape index (κ3) is 5.15. The second-order valence-electron chi connectivity index (χ2n) is 4.12. The molecule has 4 heteroatoms. The molecule has 0 spiro atoms. The Balaban J connectivity index is 2.43. The van der Waals surface area contributed by atoms with E-state index in [2.05, 4.69) is 34.3 Å². The van der Waals surface area contributed by atoms with Crippen LogP contribution in [0.25, 0.3) is 0 Å². The number of nitrogens with one attached hydrogen (secondary N) is 1. The van der Waals surface area contributed by atoms with Crippen molar-refractivity contribution in [3.63, 3.8) is 0 Å². The number of ether oxygens (including phenoxy) is 1. The van der Waals surface area contributed by atoms with Crippen molar-refractivity contribution >= 4 is 5.82 Å². The lowest BCUT2D eigenvalue weighted by molar-refractivity contribution is 0.206. The first-order valence-corrected chi connectivity index (χ1v) is 6.13. The van der Waals surface area contributed by atoms with Gasteiger partial charge >= 0.3 is 0 Å². The van der Waals surface area contributed by atoms with Gasteiger partial charge in [0.05, 0.1) is 6.61 Å². The summed E-state index contributed by atoms with van der Waals surface area (Å²) in [6, 6.07) is 4.17. The molecule has 1 aromatic heterocycles. The van der Waals surface area contributed by atoms with E-state index >= 15 is 0 Å². The number of methoxy groups -OCH3 is 1. The summed E-state index contributed by atoms with van der Waals surface area (Å²) in [6.45, 7) is 5.69. The molecule has 0 saturated carbocycles. The predicted octanol–water partition coefficient (Wildman–Crippen LogP) is 1.66. The molecule has 0 bridgehead atoms. The molecule has 0 aliphatic carbocycles. The Bertz CT molecular complexity index is 300. The maximum atomic E-state index is 5.04. The highest BCUT2D eigenvalue weighted by Gasteiger charge is 2.01. The fourth-order valence-corrected chi connectivity index (χ4v) is 1.50. The van der Waals surface area contributed by atoms with Crippen LogP contribution in [0.2, 0.25) is 0 Å². The summed E-state index contributed by atoms with van der Waals surface area (Å²) in [6.07, 6.45) is 3.09. The summed E-state index contributed by atoms with van der Waals surface area (Å²) in [5.74, 6) is 0.987. The van der Waals surface area contributed by atoms with Crippen LogP contribution in [0.4, 0.5) is 5.82 Å². The molecule has 96 valence electrons. The molecule has 4 nitrogen and oxygen atoms in total. The lowest BCUT2D eigenvalue weighted by Crippen LogP contribution is -2.23. The molecule has 0 saturated heterocycles. The highest BCUT2D eigenvalue weighted by Crippen LogP contribution is 2.09. The molecule has 0 amide bonds. The monoisotopic (exact) mass is 237 g/mol. The van der Waals surface area contributed by atoms with Crippen LogP contribution >= 0.6 is 0 Å². The Hall–Kier alpha value is -1.13. The Labute approximate surface area is 104 Å². The molecule has 0 unspecified atom stereocenters. The number of rotatable bonds is 8. The standard InChI is InChI=1S/C13H23N3O/c1-4-7-14-10-12-5-6-13(15-11-12)16(2)8-9-17-3/h5-6,11,14H,4,7-10H2,1-3H3. The molecule has 0 aliphatic rings. The zero-order valence-electron chi connectivity index (χ0n) is 11.1. The van der Waals surface area contributed by atoms with E-state index in [-0.39, 0.29) is 0 Å². The lowest BCUT2D eigenvalue weighted by Gasteiger charge is -2.17. The normalized spacial score (nSPS) is 10.5. The van der Waals surface area contributed by atoms with E-state index in [1.54, 1.807) is 7.11 Å². The maximum Gasteiger partial charge on any atom is 0.128 e. The van der Waals surface area contributed by atoms with Gasteiger partial charge < -0.3 is 15.0 Å². The number of anilines is 1. The summed E-state index contributed by atoms with van der Waals surface area (Å²) >= 11 is 0. The van der Waals surface area contributed by atoms with Crippen LogP contribution in [-0.4, -0.2) is 38.8 Å². The fraction of sp³-hybridized carbons (Fsp3) is 0.615. The van der Waals surface area contributed by atoms with Crippen LogP contribution < -0.4 is 10.2 Å². The van der Waals surface area contributed by atoms with Crippen LogP contribution in [0.5, 0.6) is 0 Å². The highest BCUT2D eigenvalue weighted by molar-refractivity contribution is 5.38. The van der Waals surface area contributed by atoms with Gasteiger partial charge in [-0.25, -0.2) is 4.98 Å². The second-order valence-corrected chi connectivity index (χ2v) is 4.12. The largest absolute Gasteiger partial charge is 0.383 e. The van der Waals surface area contributed by atoms with Crippen LogP contribution in [0, 0.1) is 0 Å². The van der Waals surface area contributed by atoms with Crippen molar-refractivity contribution in [1.82, 2.24) is 10.3 Å². The minimum Gasteiger partial charge on any atom is -0.383 e. The van der Waals surface area contributed by atoms with Crippen LogP contribution in [0.3, 0.4) is 0 Å². The molecule has 1 aromatic rings. The zero-order valence-corrected chi connectivity index (χ0v) is 11.1. The predicted molar refractivity (Wildman–Crippen MR) is 71.4 cm³/mol. The van der Waals surface area contributed by atoms with Crippen LogP contribution in [0.1, 0.15) is 18.9 Å². The van der Waals surface area contributed by atoms with E-state index in [0.29, 0.717) is 0 Å². The molecular weight excluding hydrogens is 214 g/mol. The molecule has 0 radical (unpaired) electrons. The molecule has 17 heavy (non-hydrogen) atoms. The first-order chi connectivity index (χ1) is 8.27. The minimum atomic E-state index is 0.720. The van der Waals surface area contributed by atoms with Crippen molar-refractivity contribution in [3.05, 3.63) is 23.9 Å². The number of hydrogen-bond acceptors (Lipinski definition) is 4. The topological polar surface area (TPSA) is 37.4 Å². The zero-order chi connectivity index (χ0) is 12.5. The quantitative estimate of drug-likeness (QED) is 0.698. The van der Waals surface area contributed by atoms with E-state index in [9.17, 15) is 0 Å². The SMILES string of the molecule is CCCNCc1ccc(N(C)CCOC)nc1. The smallest absolute Gasteiger partial charge is 0.128 e. The molecular formula is C13H23N3O. The van der Waals surface area contributed by atoms with Crippen molar-refractivity contribution in [2.45, 2.75) is 19.9 Å². The molecule has 0 aliphatic heterocycles. The van der Waals surface area contributed by atoms with Gasteiger partial charge in [0.1, 0.15) is 5.82 Å². The van der Waals surface area contributed by atoms with E-state index in [1.807, 2.05) is 13.2 Å². The lowest BCUT2D eigenvalue weighted by atomic mass is 10.2. The van der Waals surface area contributed by atoms with Gasteiger partial charge in [0.25, 0.3) is 0 Å². The van der Waals surface area contributed by atoms with Crippen molar-refractivity contribution in [3.8, 4) is 0 Å². The van der Waals surface area contributed by atoms with E-state index in [1.165, 1.54) is 5.56 Å². The van der Waals surface area contributed by atoms with Crippen molar-refractivity contribution in [2.75, 3.05) is 38.8 Å². The van der Waals surface area contributed by atoms with E-state index < -0.39 is 0 Å². The molecule has 0 atom stereocenters. The first kappa shape index (κ1) is 13.9. The third-order valence-corrected chi connectivity index (χ3v) is 2.59. The third-order valence-electron chi connectivity index (χ3n) is 2.59. The van der Waals surface area contributed by atoms with Crippen molar-refractivity contribution < 1.29 is 4.74 Å². The highest BCUT2D eigenvalue weighted by atomic mass is 16.5. The Morgan fingerprint density at radius 2 is 2.24 bits per heavy atom. The first-order valence-electron chi connectivity index (χ1n) is 6.13. The van der Waals surface area contributed by atoms with Gasteiger partial charge in [-0.3, -0.25) is 0 Å². The average molecular weight is 237 g/mol. The number of likely N-dealkylation sites (N-methyl/N-ethyl adjacent to an activating group) is 1. The van der Waals surface area contributed by atoms with E-state index in [4.69, 9.17) is 4.74 Å². The summed E-state index contributed by atoms with van der Waals surface area (Å²) in [4.78, 5) is 6.53. The van der Waals surface area contributed by atoms with Crippen LogP contribution in [0.15, 0.2) is 18.3 Å². The van der Waals surface area contributed by atoms with Gasteiger partial charge in [-0.2, -0.15) is 0 Å². The number of pyridine rings is 1. The average Bonchev–Trinajstić information content (AvgIpc) is 2.37. The number of nitrogens with zero attached hydrogens (tertiary/aromatic N) is 2. The molecule has 1 N–H and O–H groups in total. The van der Waals surface area contributed by atoms with E-state index in [0.717, 1.165) is 38.5 Å². The number of aromatic nitrogens is 1. The second kappa shape index (κ2) is 8.03. The Morgan fingerprint density at radius 3 is 2.82 bits per heavy atom. The fourth-order valence-electron chi connectivity index (χ4n) is 1.50. The van der Waals surface area contributed by atoms with Crippen molar-refractivity contribution in [2.24, 2.45) is 0 Å². The van der Waals surface area contributed by atoms with Gasteiger partial charge in [-0.15, -0.1) is 0 Å². The summed E-state index contributed by atoms with van der Waals surface area (Å²) in [5.41, 5.74) is 1.22. The van der Waals surface area contributed by atoms with Gasteiger partial charge in [0, 0.05) is 33.4 Å². The molecule has 0 fully saturated rings. The summed E-state index contributed by atoms with van der Waals surface area (Å²) in [7, 11) is 3.74. The van der Waals surface area contributed by atoms with Gasteiger partial charge in [0.15, 0.2) is 0 Å². The minimum absolute atomic E-state index is 0.720. The van der Waals surface area contributed by atoms with Gasteiger partial charge in [-0.1, -0.05) is 13.0 Å². The number of hydrogen-bond donors (Lipinski definition) is 1. The summed E-state index contributed by atoms with van der Waals surface area (Å²) < 4.78 is 5.04. The maximum absolute atomic E-state index is 5.04. The van der Waals surface area contributed by atoms with Gasteiger partial charge in [-0.05, 0) is 24.6 Å². The van der Waals surface area contributed by atoms with Gasteiger partial charge in [0.2, 0.25) is 0 Å². The molecule has 0 aromatic carbocycles. The molecule has 1 heterocycles. The summed E-state index contributed by atoms with van der Waals surface area (Å²) in [5, 5.41) is 3.36.